The first-order valence-electron chi connectivity index (χ1n) is 6.40. The fraction of sp³-hybridized carbons (Fsp3) is 0.833. The van der Waals surface area contributed by atoms with Gasteiger partial charge in [-0.05, 0) is 27.2 Å². The van der Waals surface area contributed by atoms with Crippen LogP contribution in [0.4, 0.5) is 0 Å². The third-order valence-electron chi connectivity index (χ3n) is 3.20. The number of likely N-dealkylation sites (N-methyl/N-ethyl adjacent to an activating group) is 1. The number of nitrogens with one attached hydrogen (secondary N) is 2. The number of hydrogen-bond acceptors (Lipinski definition) is 3. The quantitative estimate of drug-likeness (QED) is 0.694. The summed E-state index contributed by atoms with van der Waals surface area (Å²) in [7, 11) is 0. The Kier molecular flexibility index (Phi) is 5.41. The first-order chi connectivity index (χ1) is 8.08. The Hall–Kier alpha value is -1.10. The Bertz CT molecular complexity index is 277. The fourth-order valence-electron chi connectivity index (χ4n) is 2.05. The monoisotopic (exact) mass is 241 g/mol. The van der Waals surface area contributed by atoms with Crippen molar-refractivity contribution in [1.82, 2.24) is 15.5 Å². The molecule has 0 aromatic rings. The van der Waals surface area contributed by atoms with Crippen LogP contribution in [0.3, 0.4) is 0 Å². The molecule has 1 saturated heterocycles. The predicted molar refractivity (Wildman–Crippen MR) is 66.6 cm³/mol. The van der Waals surface area contributed by atoms with Crippen LogP contribution in [0, 0.1) is 0 Å². The van der Waals surface area contributed by atoms with E-state index in [1.807, 2.05) is 25.7 Å². The van der Waals surface area contributed by atoms with Crippen molar-refractivity contribution in [3.8, 4) is 0 Å². The normalized spacial score (nSPS) is 21.1. The Morgan fingerprint density at radius 2 is 2.18 bits per heavy atom. The largest absolute Gasteiger partial charge is 0.352 e. The SMILES string of the molecule is CCN(CC)C(=O)C(C)NCC1CCC(=O)N1. The van der Waals surface area contributed by atoms with Crippen molar-refractivity contribution in [1.29, 1.82) is 0 Å². The van der Waals surface area contributed by atoms with E-state index in [4.69, 9.17) is 0 Å². The van der Waals surface area contributed by atoms with E-state index in [0.717, 1.165) is 19.5 Å². The molecule has 0 radical (unpaired) electrons. The van der Waals surface area contributed by atoms with Gasteiger partial charge in [-0.1, -0.05) is 0 Å². The van der Waals surface area contributed by atoms with Crippen molar-refractivity contribution in [2.75, 3.05) is 19.6 Å². The maximum absolute atomic E-state index is 12.0. The standard InChI is InChI=1S/C12H23N3O2/c1-4-15(5-2)12(17)9(3)13-8-10-6-7-11(16)14-10/h9-10,13H,4-8H2,1-3H3,(H,14,16). The molecule has 1 rings (SSSR count). The highest BCUT2D eigenvalue weighted by Gasteiger charge is 2.23. The van der Waals surface area contributed by atoms with Gasteiger partial charge >= 0.3 is 0 Å². The molecule has 1 aliphatic heterocycles. The van der Waals surface area contributed by atoms with Crippen LogP contribution in [0.5, 0.6) is 0 Å². The summed E-state index contributed by atoms with van der Waals surface area (Å²) in [5.41, 5.74) is 0. The Morgan fingerprint density at radius 1 is 1.53 bits per heavy atom. The lowest BCUT2D eigenvalue weighted by Crippen LogP contribution is -2.48. The summed E-state index contributed by atoms with van der Waals surface area (Å²) in [6.45, 7) is 7.97. The first kappa shape index (κ1) is 14.0. The van der Waals surface area contributed by atoms with Crippen LogP contribution in [0.15, 0.2) is 0 Å². The van der Waals surface area contributed by atoms with E-state index >= 15 is 0 Å². The molecule has 2 atom stereocenters. The molecule has 1 fully saturated rings. The van der Waals surface area contributed by atoms with Crippen LogP contribution in [0.25, 0.3) is 0 Å². The van der Waals surface area contributed by atoms with Crippen LogP contribution < -0.4 is 10.6 Å². The van der Waals surface area contributed by atoms with Gasteiger partial charge in [0.25, 0.3) is 0 Å². The van der Waals surface area contributed by atoms with Crippen molar-refractivity contribution in [2.45, 2.75) is 45.7 Å². The second-order valence-electron chi connectivity index (χ2n) is 4.44. The van der Waals surface area contributed by atoms with E-state index in [0.29, 0.717) is 13.0 Å². The van der Waals surface area contributed by atoms with E-state index in [-0.39, 0.29) is 23.9 Å². The van der Waals surface area contributed by atoms with Crippen LogP contribution in [-0.2, 0) is 9.59 Å². The number of carbonyl (C=O) groups is 2. The van der Waals surface area contributed by atoms with Gasteiger partial charge in [0.05, 0.1) is 6.04 Å². The molecule has 0 aromatic carbocycles. The van der Waals surface area contributed by atoms with Crippen molar-refractivity contribution in [2.24, 2.45) is 0 Å². The van der Waals surface area contributed by atoms with Crippen LogP contribution in [0.1, 0.15) is 33.6 Å². The van der Waals surface area contributed by atoms with E-state index in [2.05, 4.69) is 10.6 Å². The highest BCUT2D eigenvalue weighted by Crippen LogP contribution is 2.05. The molecule has 2 N–H and O–H groups in total. The minimum atomic E-state index is -0.188. The lowest BCUT2D eigenvalue weighted by Gasteiger charge is -2.24. The summed E-state index contributed by atoms with van der Waals surface area (Å²) in [5, 5.41) is 6.07. The number of hydrogen-bond donors (Lipinski definition) is 2. The molecule has 0 aliphatic carbocycles. The molecule has 5 heteroatoms. The average Bonchev–Trinajstić information content (AvgIpc) is 2.73. The van der Waals surface area contributed by atoms with E-state index < -0.39 is 0 Å². The van der Waals surface area contributed by atoms with Crippen LogP contribution in [-0.4, -0.2) is 48.4 Å². The Balaban J connectivity index is 2.31. The fourth-order valence-corrected chi connectivity index (χ4v) is 2.05. The van der Waals surface area contributed by atoms with Crippen LogP contribution >= 0.6 is 0 Å². The molecule has 98 valence electrons. The number of rotatable bonds is 6. The summed E-state index contributed by atoms with van der Waals surface area (Å²) in [6.07, 6.45) is 1.46. The van der Waals surface area contributed by atoms with Gasteiger partial charge in [0.2, 0.25) is 11.8 Å². The third kappa shape index (κ3) is 4.00. The molecule has 0 bridgehead atoms. The van der Waals surface area contributed by atoms with Gasteiger partial charge in [-0.3, -0.25) is 9.59 Å². The Morgan fingerprint density at radius 3 is 2.65 bits per heavy atom. The molecule has 1 heterocycles. The maximum Gasteiger partial charge on any atom is 0.239 e. The van der Waals surface area contributed by atoms with E-state index in [9.17, 15) is 9.59 Å². The topological polar surface area (TPSA) is 61.4 Å². The summed E-state index contributed by atoms with van der Waals surface area (Å²) in [5.74, 6) is 0.235. The second kappa shape index (κ2) is 6.59. The van der Waals surface area contributed by atoms with Crippen molar-refractivity contribution >= 4 is 11.8 Å². The van der Waals surface area contributed by atoms with Gasteiger partial charge in [0.15, 0.2) is 0 Å². The van der Waals surface area contributed by atoms with Crippen LogP contribution in [0.2, 0.25) is 0 Å². The second-order valence-corrected chi connectivity index (χ2v) is 4.44. The number of carbonyl (C=O) groups excluding carboxylic acids is 2. The van der Waals surface area contributed by atoms with Gasteiger partial charge in [0.1, 0.15) is 0 Å². The minimum Gasteiger partial charge on any atom is -0.352 e. The Labute approximate surface area is 103 Å². The smallest absolute Gasteiger partial charge is 0.239 e. The molecule has 1 aliphatic rings. The van der Waals surface area contributed by atoms with Gasteiger partial charge in [-0.25, -0.2) is 0 Å². The van der Waals surface area contributed by atoms with Gasteiger partial charge < -0.3 is 15.5 Å². The number of nitrogens with zero attached hydrogens (tertiary/aromatic N) is 1. The lowest BCUT2D eigenvalue weighted by molar-refractivity contribution is -0.132. The third-order valence-corrected chi connectivity index (χ3v) is 3.20. The van der Waals surface area contributed by atoms with Crippen molar-refractivity contribution in [3.05, 3.63) is 0 Å². The summed E-state index contributed by atoms with van der Waals surface area (Å²) < 4.78 is 0. The van der Waals surface area contributed by atoms with Gasteiger partial charge in [0, 0.05) is 32.1 Å². The molecule has 0 spiro atoms. The minimum absolute atomic E-state index is 0.111. The molecular weight excluding hydrogens is 218 g/mol. The molecule has 2 unspecified atom stereocenters. The molecule has 0 saturated carbocycles. The molecular formula is C12H23N3O2. The lowest BCUT2D eigenvalue weighted by atomic mass is 10.2. The van der Waals surface area contributed by atoms with Crippen molar-refractivity contribution in [3.63, 3.8) is 0 Å². The number of amides is 2. The highest BCUT2D eigenvalue weighted by molar-refractivity contribution is 5.81. The zero-order chi connectivity index (χ0) is 12.8. The zero-order valence-electron chi connectivity index (χ0n) is 11.0. The molecule has 5 nitrogen and oxygen atoms in total. The zero-order valence-corrected chi connectivity index (χ0v) is 11.0. The molecule has 2 amide bonds. The summed E-state index contributed by atoms with van der Waals surface area (Å²) >= 11 is 0. The maximum atomic E-state index is 12.0. The summed E-state index contributed by atoms with van der Waals surface area (Å²) in [6, 6.07) is -0.0122. The highest BCUT2D eigenvalue weighted by atomic mass is 16.2. The van der Waals surface area contributed by atoms with E-state index in [1.165, 1.54) is 0 Å². The first-order valence-corrected chi connectivity index (χ1v) is 6.40. The van der Waals surface area contributed by atoms with Gasteiger partial charge in [-0.2, -0.15) is 0 Å². The average molecular weight is 241 g/mol. The van der Waals surface area contributed by atoms with Crippen molar-refractivity contribution < 1.29 is 9.59 Å². The predicted octanol–water partition coefficient (Wildman–Crippen LogP) is 0.112. The van der Waals surface area contributed by atoms with Gasteiger partial charge in [-0.15, -0.1) is 0 Å². The summed E-state index contributed by atoms with van der Waals surface area (Å²) in [4.78, 5) is 24.8. The molecule has 17 heavy (non-hydrogen) atoms. The van der Waals surface area contributed by atoms with E-state index in [1.54, 1.807) is 0 Å². The molecule has 0 aromatic heterocycles.